The Morgan fingerprint density at radius 3 is 2.52 bits per heavy atom. The Bertz CT molecular complexity index is 649. The Morgan fingerprint density at radius 1 is 1.43 bits per heavy atom. The second kappa shape index (κ2) is 6.83. The fraction of sp³-hybridized carbons (Fsp3) is 0.417. The Hall–Kier alpha value is -1.02. The van der Waals surface area contributed by atoms with E-state index in [2.05, 4.69) is 5.32 Å². The number of carbonyl (C=O) groups is 1. The molecule has 1 amide bonds. The molecule has 3 N–H and O–H groups in total. The normalized spacial score (nSPS) is 13.2. The largest absolute Gasteiger partial charge is 0.396 e. The first-order valence-electron chi connectivity index (χ1n) is 6.04. The maximum absolute atomic E-state index is 12.5. The highest BCUT2D eigenvalue weighted by Gasteiger charge is 2.27. The molecular formula is C12H17Cl2N3O3S. The first kappa shape index (κ1) is 18.0. The Kier molecular flexibility index (Phi) is 5.86. The predicted molar refractivity (Wildman–Crippen MR) is 83.9 cm³/mol. The lowest BCUT2D eigenvalue weighted by atomic mass is 10.2. The van der Waals surface area contributed by atoms with Gasteiger partial charge in [0, 0.05) is 26.6 Å². The van der Waals surface area contributed by atoms with Gasteiger partial charge in [-0.2, -0.15) is 0 Å². The highest BCUT2D eigenvalue weighted by atomic mass is 35.5. The van der Waals surface area contributed by atoms with Crippen LogP contribution in [0.3, 0.4) is 0 Å². The van der Waals surface area contributed by atoms with Crippen LogP contribution < -0.4 is 11.1 Å². The third-order valence-electron chi connectivity index (χ3n) is 3.00. The van der Waals surface area contributed by atoms with Crippen LogP contribution in [0.2, 0.25) is 10.0 Å². The van der Waals surface area contributed by atoms with E-state index in [-0.39, 0.29) is 33.1 Å². The van der Waals surface area contributed by atoms with Crippen molar-refractivity contribution < 1.29 is 13.2 Å². The molecule has 6 nitrogen and oxygen atoms in total. The summed E-state index contributed by atoms with van der Waals surface area (Å²) in [5.74, 6) is -0.753. The summed E-state index contributed by atoms with van der Waals surface area (Å²) in [6, 6.07) is 2.66. The van der Waals surface area contributed by atoms with E-state index in [1.54, 1.807) is 6.92 Å². The fourth-order valence-electron chi connectivity index (χ4n) is 1.73. The van der Waals surface area contributed by atoms with Crippen LogP contribution in [0.25, 0.3) is 0 Å². The molecule has 0 saturated carbocycles. The molecule has 1 unspecified atom stereocenters. The van der Waals surface area contributed by atoms with Gasteiger partial charge in [0.1, 0.15) is 4.90 Å². The second-order valence-corrected chi connectivity index (χ2v) is 7.37. The topological polar surface area (TPSA) is 92.5 Å². The van der Waals surface area contributed by atoms with E-state index in [0.29, 0.717) is 0 Å². The van der Waals surface area contributed by atoms with Crippen LogP contribution in [0, 0.1) is 5.92 Å². The minimum Gasteiger partial charge on any atom is -0.396 e. The first-order chi connectivity index (χ1) is 9.62. The zero-order valence-electron chi connectivity index (χ0n) is 11.9. The number of carbonyl (C=O) groups excluding carboxylic acids is 1. The molecule has 0 aromatic heterocycles. The van der Waals surface area contributed by atoms with Crippen LogP contribution in [-0.4, -0.2) is 39.3 Å². The zero-order valence-corrected chi connectivity index (χ0v) is 14.2. The maximum Gasteiger partial charge on any atom is 0.244 e. The van der Waals surface area contributed by atoms with Crippen LogP contribution in [0.1, 0.15) is 6.92 Å². The van der Waals surface area contributed by atoms with Crippen molar-refractivity contribution in [2.24, 2.45) is 5.92 Å². The van der Waals surface area contributed by atoms with E-state index in [4.69, 9.17) is 28.9 Å². The van der Waals surface area contributed by atoms with Crippen molar-refractivity contribution in [3.05, 3.63) is 22.2 Å². The summed E-state index contributed by atoms with van der Waals surface area (Å²) in [4.78, 5) is 11.3. The number of anilines is 1. The van der Waals surface area contributed by atoms with Gasteiger partial charge >= 0.3 is 0 Å². The molecule has 9 heteroatoms. The van der Waals surface area contributed by atoms with Gasteiger partial charge in [0.2, 0.25) is 15.9 Å². The van der Waals surface area contributed by atoms with Crippen LogP contribution in [0.4, 0.5) is 5.69 Å². The number of nitrogens with two attached hydrogens (primary N) is 1. The van der Waals surface area contributed by atoms with Gasteiger partial charge in [0.25, 0.3) is 0 Å². The highest BCUT2D eigenvalue weighted by Crippen LogP contribution is 2.34. The van der Waals surface area contributed by atoms with Gasteiger partial charge in [-0.3, -0.25) is 4.79 Å². The van der Waals surface area contributed by atoms with Crippen molar-refractivity contribution in [1.29, 1.82) is 0 Å². The standard InChI is InChI=1S/C12H17Cl2N3O3S/c1-7(12(18)16-2)6-17(3)21(19,20)9-5-4-8(13)11(15)10(9)14/h4-5,7H,6,15H2,1-3H3,(H,16,18). The molecule has 0 saturated heterocycles. The fourth-order valence-corrected chi connectivity index (χ4v) is 3.72. The molecule has 0 heterocycles. The van der Waals surface area contributed by atoms with Gasteiger partial charge in [0.05, 0.1) is 15.7 Å². The molecule has 0 bridgehead atoms. The number of nitrogens with one attached hydrogen (secondary N) is 1. The molecule has 1 rings (SSSR count). The number of benzene rings is 1. The zero-order chi connectivity index (χ0) is 16.4. The van der Waals surface area contributed by atoms with Crippen molar-refractivity contribution in [1.82, 2.24) is 9.62 Å². The number of hydrogen-bond donors (Lipinski definition) is 2. The average Bonchev–Trinajstić information content (AvgIpc) is 2.43. The van der Waals surface area contributed by atoms with E-state index in [1.807, 2.05) is 0 Å². The quantitative estimate of drug-likeness (QED) is 0.786. The van der Waals surface area contributed by atoms with Gasteiger partial charge in [-0.1, -0.05) is 30.1 Å². The molecule has 1 atom stereocenters. The molecule has 0 spiro atoms. The molecule has 0 aliphatic heterocycles. The minimum absolute atomic E-state index is 0.00663. The molecule has 1 aromatic rings. The van der Waals surface area contributed by atoms with Crippen molar-refractivity contribution >= 4 is 44.8 Å². The van der Waals surface area contributed by atoms with Gasteiger partial charge < -0.3 is 11.1 Å². The van der Waals surface area contributed by atoms with Crippen LogP contribution >= 0.6 is 23.2 Å². The monoisotopic (exact) mass is 353 g/mol. The summed E-state index contributed by atoms with van der Waals surface area (Å²) >= 11 is 11.7. The highest BCUT2D eigenvalue weighted by molar-refractivity contribution is 7.89. The summed E-state index contributed by atoms with van der Waals surface area (Å²) in [6.45, 7) is 1.64. The number of nitrogens with zero attached hydrogens (tertiary/aromatic N) is 1. The third-order valence-corrected chi connectivity index (χ3v) is 5.72. The van der Waals surface area contributed by atoms with Crippen LogP contribution in [0.15, 0.2) is 17.0 Å². The van der Waals surface area contributed by atoms with E-state index in [9.17, 15) is 13.2 Å². The molecule has 0 fully saturated rings. The Morgan fingerprint density at radius 2 is 2.00 bits per heavy atom. The van der Waals surface area contributed by atoms with Crippen LogP contribution in [0.5, 0.6) is 0 Å². The summed E-state index contributed by atoms with van der Waals surface area (Å²) in [5.41, 5.74) is 5.65. The van der Waals surface area contributed by atoms with E-state index in [1.165, 1.54) is 26.2 Å². The smallest absolute Gasteiger partial charge is 0.244 e. The van der Waals surface area contributed by atoms with E-state index in [0.717, 1.165) is 4.31 Å². The molecule has 118 valence electrons. The van der Waals surface area contributed by atoms with Gasteiger partial charge in [0.15, 0.2) is 0 Å². The first-order valence-corrected chi connectivity index (χ1v) is 8.24. The number of rotatable bonds is 5. The molecule has 1 aromatic carbocycles. The van der Waals surface area contributed by atoms with E-state index >= 15 is 0 Å². The van der Waals surface area contributed by atoms with Gasteiger partial charge in [-0.15, -0.1) is 0 Å². The summed E-state index contributed by atoms with van der Waals surface area (Å²) in [5, 5.41) is 2.52. The second-order valence-electron chi connectivity index (χ2n) is 4.57. The maximum atomic E-state index is 12.5. The van der Waals surface area contributed by atoms with Crippen molar-refractivity contribution in [3.63, 3.8) is 0 Å². The lowest BCUT2D eigenvalue weighted by molar-refractivity contribution is -0.124. The van der Waals surface area contributed by atoms with Crippen LogP contribution in [-0.2, 0) is 14.8 Å². The summed E-state index contributed by atoms with van der Waals surface area (Å²) in [6.07, 6.45) is 0. The number of nitrogen functional groups attached to an aromatic ring is 1. The molecular weight excluding hydrogens is 337 g/mol. The number of sulfonamides is 1. The number of amides is 1. The SMILES string of the molecule is CNC(=O)C(C)CN(C)S(=O)(=O)c1ccc(Cl)c(N)c1Cl. The lowest BCUT2D eigenvalue weighted by Crippen LogP contribution is -2.37. The molecule has 21 heavy (non-hydrogen) atoms. The van der Waals surface area contributed by atoms with Crippen molar-refractivity contribution in [2.45, 2.75) is 11.8 Å². The predicted octanol–water partition coefficient (Wildman–Crippen LogP) is 1.58. The van der Waals surface area contributed by atoms with Gasteiger partial charge in [-0.25, -0.2) is 12.7 Å². The number of halogens is 2. The summed E-state index contributed by atoms with van der Waals surface area (Å²) in [7, 11) is -1.00. The Balaban J connectivity index is 3.12. The van der Waals surface area contributed by atoms with Gasteiger partial charge in [-0.05, 0) is 12.1 Å². The lowest BCUT2D eigenvalue weighted by Gasteiger charge is -2.21. The number of hydrogen-bond acceptors (Lipinski definition) is 4. The molecule has 0 aliphatic carbocycles. The Labute approximate surface area is 134 Å². The van der Waals surface area contributed by atoms with Crippen molar-refractivity contribution in [3.8, 4) is 0 Å². The summed E-state index contributed by atoms with van der Waals surface area (Å²) < 4.78 is 26.0. The third kappa shape index (κ3) is 3.79. The van der Waals surface area contributed by atoms with E-state index < -0.39 is 15.9 Å². The molecule has 0 aliphatic rings. The average molecular weight is 354 g/mol. The molecule has 0 radical (unpaired) electrons. The minimum atomic E-state index is -3.86. The van der Waals surface area contributed by atoms with Crippen molar-refractivity contribution in [2.75, 3.05) is 26.4 Å².